The van der Waals surface area contributed by atoms with E-state index < -0.39 is 15.8 Å². The molecule has 0 saturated carbocycles. The number of nitrogens with two attached hydrogens (primary N) is 1. The molecule has 1 aliphatic heterocycles. The highest BCUT2D eigenvalue weighted by atomic mass is 35.5. The van der Waals surface area contributed by atoms with Crippen molar-refractivity contribution in [2.24, 2.45) is 5.73 Å². The van der Waals surface area contributed by atoms with Gasteiger partial charge in [-0.05, 0) is 43.5 Å². The number of carbonyl (C=O) groups excluding carboxylic acids is 1. The van der Waals surface area contributed by atoms with E-state index >= 15 is 0 Å². The average molecular weight is 394 g/mol. The molecule has 0 spiro atoms. The number of benzene rings is 1. The van der Waals surface area contributed by atoms with Crippen LogP contribution in [0, 0.1) is 5.82 Å². The molecule has 1 aromatic rings. The predicted molar refractivity (Wildman–Crippen MR) is 96.5 cm³/mol. The summed E-state index contributed by atoms with van der Waals surface area (Å²) < 4.78 is 38.8. The number of carbonyl (C=O) groups is 1. The van der Waals surface area contributed by atoms with Crippen LogP contribution < -0.4 is 5.73 Å². The number of amides is 1. The summed E-state index contributed by atoms with van der Waals surface area (Å²) in [5, 5.41) is 0. The molecule has 0 aliphatic carbocycles. The molecular weight excluding hydrogens is 369 g/mol. The first-order chi connectivity index (χ1) is 11.4. The Kier molecular flexibility index (Phi) is 8.27. The number of rotatable bonds is 7. The molecule has 6 nitrogen and oxygen atoms in total. The molecular formula is C16H25ClFN3O3S. The van der Waals surface area contributed by atoms with Crippen LogP contribution in [0.1, 0.15) is 25.7 Å². The van der Waals surface area contributed by atoms with Gasteiger partial charge in [-0.25, -0.2) is 17.1 Å². The van der Waals surface area contributed by atoms with Crippen molar-refractivity contribution in [3.05, 3.63) is 30.1 Å². The van der Waals surface area contributed by atoms with Crippen LogP contribution in [-0.4, -0.2) is 56.3 Å². The Labute approximate surface area is 154 Å². The van der Waals surface area contributed by atoms with Crippen LogP contribution >= 0.6 is 12.4 Å². The van der Waals surface area contributed by atoms with Crippen molar-refractivity contribution < 1.29 is 17.6 Å². The zero-order valence-electron chi connectivity index (χ0n) is 14.2. The van der Waals surface area contributed by atoms with Gasteiger partial charge >= 0.3 is 0 Å². The molecule has 0 aromatic heterocycles. The first-order valence-corrected chi connectivity index (χ1v) is 9.51. The summed E-state index contributed by atoms with van der Waals surface area (Å²) in [4.78, 5) is 14.1. The largest absolute Gasteiger partial charge is 0.338 e. The minimum absolute atomic E-state index is 0. The van der Waals surface area contributed by atoms with Gasteiger partial charge in [-0.15, -0.1) is 12.4 Å². The Balaban J connectivity index is 0.00000312. The van der Waals surface area contributed by atoms with Crippen LogP contribution in [-0.2, 0) is 14.8 Å². The van der Waals surface area contributed by atoms with Crippen LogP contribution in [0.2, 0.25) is 0 Å². The quantitative estimate of drug-likeness (QED) is 0.762. The van der Waals surface area contributed by atoms with E-state index in [4.69, 9.17) is 5.73 Å². The second kappa shape index (κ2) is 9.47. The van der Waals surface area contributed by atoms with Gasteiger partial charge in [-0.3, -0.25) is 4.79 Å². The van der Waals surface area contributed by atoms with E-state index in [1.165, 1.54) is 23.5 Å². The lowest BCUT2D eigenvalue weighted by Gasteiger charge is -2.24. The molecule has 142 valence electrons. The van der Waals surface area contributed by atoms with Crippen LogP contribution in [0.25, 0.3) is 0 Å². The summed E-state index contributed by atoms with van der Waals surface area (Å²) in [6, 6.07) is 4.82. The van der Waals surface area contributed by atoms with Gasteiger partial charge in [0, 0.05) is 39.1 Å². The van der Waals surface area contributed by atoms with Crippen molar-refractivity contribution in [2.45, 2.75) is 36.6 Å². The molecule has 9 heteroatoms. The standard InChI is InChI=1S/C16H24FN3O3S.ClH/c1-19(24(22,23)15-8-6-13(17)7-9-15)10-3-5-16(21)20-11-2-4-14(20)12-18;/h6-9,14H,2-5,10-12,18H2,1H3;1H. The maximum absolute atomic E-state index is 12.9. The average Bonchev–Trinajstić information content (AvgIpc) is 3.03. The number of nitrogens with zero attached hydrogens (tertiary/aromatic N) is 2. The van der Waals surface area contributed by atoms with E-state index in [2.05, 4.69) is 0 Å². The van der Waals surface area contributed by atoms with Gasteiger partial charge in [0.2, 0.25) is 15.9 Å². The summed E-state index contributed by atoms with van der Waals surface area (Å²) in [7, 11) is -2.21. The molecule has 0 radical (unpaired) electrons. The number of sulfonamides is 1. The lowest BCUT2D eigenvalue weighted by Crippen LogP contribution is -2.40. The van der Waals surface area contributed by atoms with Crippen LogP contribution in [0.5, 0.6) is 0 Å². The normalized spacial score (nSPS) is 17.6. The highest BCUT2D eigenvalue weighted by Crippen LogP contribution is 2.19. The van der Waals surface area contributed by atoms with Gasteiger partial charge in [0.05, 0.1) is 4.90 Å². The lowest BCUT2D eigenvalue weighted by atomic mass is 10.2. The van der Waals surface area contributed by atoms with Gasteiger partial charge < -0.3 is 10.6 Å². The second-order valence-corrected chi connectivity index (χ2v) is 8.05. The number of hydrogen-bond donors (Lipinski definition) is 1. The highest BCUT2D eigenvalue weighted by molar-refractivity contribution is 7.89. The van der Waals surface area contributed by atoms with Crippen LogP contribution in [0.15, 0.2) is 29.2 Å². The molecule has 1 atom stereocenters. The summed E-state index contributed by atoms with van der Waals surface area (Å²) in [6.45, 7) is 1.42. The number of likely N-dealkylation sites (tertiary alicyclic amines) is 1. The molecule has 2 rings (SSSR count). The van der Waals surface area contributed by atoms with E-state index in [1.807, 2.05) is 0 Å². The summed E-state index contributed by atoms with van der Waals surface area (Å²) in [6.07, 6.45) is 2.62. The molecule has 1 saturated heterocycles. The van der Waals surface area contributed by atoms with Crippen molar-refractivity contribution in [1.29, 1.82) is 0 Å². The lowest BCUT2D eigenvalue weighted by molar-refractivity contribution is -0.132. The van der Waals surface area contributed by atoms with Crippen molar-refractivity contribution >= 4 is 28.3 Å². The number of hydrogen-bond acceptors (Lipinski definition) is 4. The molecule has 1 amide bonds. The smallest absolute Gasteiger partial charge is 0.242 e. The molecule has 1 aliphatic rings. The number of halogens is 2. The van der Waals surface area contributed by atoms with E-state index in [9.17, 15) is 17.6 Å². The van der Waals surface area contributed by atoms with Crippen LogP contribution in [0.4, 0.5) is 4.39 Å². The molecule has 1 heterocycles. The maximum atomic E-state index is 12.9. The molecule has 2 N–H and O–H groups in total. The Bertz CT molecular complexity index is 670. The highest BCUT2D eigenvalue weighted by Gasteiger charge is 2.27. The van der Waals surface area contributed by atoms with Gasteiger partial charge in [0.1, 0.15) is 5.82 Å². The van der Waals surface area contributed by atoms with Gasteiger partial charge in [-0.1, -0.05) is 0 Å². The van der Waals surface area contributed by atoms with E-state index in [-0.39, 0.29) is 35.8 Å². The topological polar surface area (TPSA) is 83.7 Å². The summed E-state index contributed by atoms with van der Waals surface area (Å²) >= 11 is 0. The predicted octanol–water partition coefficient (Wildman–Crippen LogP) is 1.60. The zero-order chi connectivity index (χ0) is 17.7. The molecule has 25 heavy (non-hydrogen) atoms. The SMILES string of the molecule is CN(CCCC(=O)N1CCCC1CN)S(=O)(=O)c1ccc(F)cc1.Cl. The summed E-state index contributed by atoms with van der Waals surface area (Å²) in [5.74, 6) is -0.460. The third-order valence-electron chi connectivity index (χ3n) is 4.36. The summed E-state index contributed by atoms with van der Waals surface area (Å²) in [5.41, 5.74) is 5.66. The Morgan fingerprint density at radius 2 is 2.00 bits per heavy atom. The third-order valence-corrected chi connectivity index (χ3v) is 6.23. The molecule has 1 fully saturated rings. The van der Waals surface area contributed by atoms with Crippen molar-refractivity contribution in [3.63, 3.8) is 0 Å². The second-order valence-electron chi connectivity index (χ2n) is 6.00. The van der Waals surface area contributed by atoms with Gasteiger partial charge in [0.15, 0.2) is 0 Å². The van der Waals surface area contributed by atoms with Crippen LogP contribution in [0.3, 0.4) is 0 Å². The monoisotopic (exact) mass is 393 g/mol. The Morgan fingerprint density at radius 1 is 1.36 bits per heavy atom. The first-order valence-electron chi connectivity index (χ1n) is 8.07. The Morgan fingerprint density at radius 3 is 2.60 bits per heavy atom. The third kappa shape index (κ3) is 5.37. The van der Waals surface area contributed by atoms with Crippen molar-refractivity contribution in [3.8, 4) is 0 Å². The molecule has 1 aromatic carbocycles. The van der Waals surface area contributed by atoms with E-state index in [0.717, 1.165) is 31.5 Å². The minimum Gasteiger partial charge on any atom is -0.338 e. The van der Waals surface area contributed by atoms with Gasteiger partial charge in [-0.2, -0.15) is 0 Å². The van der Waals surface area contributed by atoms with Gasteiger partial charge in [0.25, 0.3) is 0 Å². The maximum Gasteiger partial charge on any atom is 0.242 e. The van der Waals surface area contributed by atoms with Crippen molar-refractivity contribution in [2.75, 3.05) is 26.7 Å². The zero-order valence-corrected chi connectivity index (χ0v) is 15.9. The Hall–Kier alpha value is -1.22. The minimum atomic E-state index is -3.67. The van der Waals surface area contributed by atoms with E-state index in [1.54, 1.807) is 4.90 Å². The van der Waals surface area contributed by atoms with E-state index in [0.29, 0.717) is 19.4 Å². The fraction of sp³-hybridized carbons (Fsp3) is 0.562. The first kappa shape index (κ1) is 21.8. The van der Waals surface area contributed by atoms with Crippen molar-refractivity contribution in [1.82, 2.24) is 9.21 Å². The molecule has 0 bridgehead atoms. The fourth-order valence-electron chi connectivity index (χ4n) is 2.91. The fourth-order valence-corrected chi connectivity index (χ4v) is 4.12. The molecule has 1 unspecified atom stereocenters.